The number of hydrogen-bond donors (Lipinski definition) is 1. The topological polar surface area (TPSA) is 77.9 Å². The highest BCUT2D eigenvalue weighted by Gasteiger charge is 2.31. The molecule has 1 fully saturated rings. The van der Waals surface area contributed by atoms with Crippen molar-refractivity contribution in [3.63, 3.8) is 0 Å². The summed E-state index contributed by atoms with van der Waals surface area (Å²) in [7, 11) is -2.13. The van der Waals surface area contributed by atoms with Crippen molar-refractivity contribution in [1.29, 1.82) is 0 Å². The molecule has 1 aromatic rings. The maximum absolute atomic E-state index is 12.6. The minimum absolute atomic E-state index is 0.228. The summed E-state index contributed by atoms with van der Waals surface area (Å²) in [6, 6.07) is 4.07. The lowest BCUT2D eigenvalue weighted by Crippen LogP contribution is -2.50. The molecule has 0 aromatic heterocycles. The van der Waals surface area contributed by atoms with Crippen molar-refractivity contribution >= 4 is 44.8 Å². The lowest BCUT2D eigenvalue weighted by molar-refractivity contribution is -0.133. The second-order valence-electron chi connectivity index (χ2n) is 6.32. The van der Waals surface area contributed by atoms with Crippen LogP contribution < -0.4 is 4.31 Å². The van der Waals surface area contributed by atoms with Crippen LogP contribution in [0, 0.1) is 0 Å². The summed E-state index contributed by atoms with van der Waals surface area (Å²) in [6.07, 6.45) is 3.63. The molecule has 1 aliphatic rings. The Hall–Kier alpha value is -1.02. The van der Waals surface area contributed by atoms with E-state index in [2.05, 4.69) is 0 Å². The fourth-order valence-corrected chi connectivity index (χ4v) is 4.39. The lowest BCUT2D eigenvalue weighted by Gasteiger charge is -2.36. The number of sulfonamides is 1. The largest absolute Gasteiger partial charge is 0.391 e. The molecule has 1 saturated carbocycles. The molecule has 0 radical (unpaired) electrons. The third kappa shape index (κ3) is 5.23. The molecular formula is C16H22Cl2N2O4S. The van der Waals surface area contributed by atoms with Crippen LogP contribution in [-0.4, -0.2) is 56.3 Å². The molecule has 2 unspecified atom stereocenters. The molecule has 140 valence electrons. The van der Waals surface area contributed by atoms with E-state index in [1.807, 2.05) is 0 Å². The van der Waals surface area contributed by atoms with Gasteiger partial charge < -0.3 is 10.0 Å². The van der Waals surface area contributed by atoms with Crippen molar-refractivity contribution in [2.75, 3.05) is 24.2 Å². The van der Waals surface area contributed by atoms with Gasteiger partial charge in [0.05, 0.1) is 24.1 Å². The molecule has 0 bridgehead atoms. The van der Waals surface area contributed by atoms with Crippen molar-refractivity contribution < 1.29 is 18.3 Å². The van der Waals surface area contributed by atoms with Crippen LogP contribution in [0.25, 0.3) is 0 Å². The Morgan fingerprint density at radius 3 is 2.28 bits per heavy atom. The number of anilines is 1. The highest BCUT2D eigenvalue weighted by Crippen LogP contribution is 2.28. The van der Waals surface area contributed by atoms with Gasteiger partial charge in [-0.3, -0.25) is 9.10 Å². The Morgan fingerprint density at radius 1 is 1.20 bits per heavy atom. The lowest BCUT2D eigenvalue weighted by atomic mass is 9.91. The van der Waals surface area contributed by atoms with E-state index in [-0.39, 0.29) is 28.3 Å². The SMILES string of the molecule is CN(C(=O)CN(c1cc(Cl)cc(Cl)c1)S(C)(=O)=O)C1CCCCC1O. The number of hydrogen-bond acceptors (Lipinski definition) is 4. The van der Waals surface area contributed by atoms with Crippen LogP contribution in [-0.2, 0) is 14.8 Å². The van der Waals surface area contributed by atoms with E-state index in [4.69, 9.17) is 23.2 Å². The molecule has 1 amide bonds. The zero-order valence-electron chi connectivity index (χ0n) is 14.2. The van der Waals surface area contributed by atoms with E-state index >= 15 is 0 Å². The van der Waals surface area contributed by atoms with Gasteiger partial charge in [-0.15, -0.1) is 0 Å². The predicted octanol–water partition coefficient (Wildman–Crippen LogP) is 2.52. The first-order chi connectivity index (χ1) is 11.6. The van der Waals surface area contributed by atoms with Crippen molar-refractivity contribution in [2.24, 2.45) is 0 Å². The normalized spacial score (nSPS) is 21.0. The monoisotopic (exact) mass is 408 g/mol. The number of nitrogens with zero attached hydrogens (tertiary/aromatic N) is 2. The second kappa shape index (κ2) is 8.12. The van der Waals surface area contributed by atoms with Gasteiger partial charge >= 0.3 is 0 Å². The second-order valence-corrected chi connectivity index (χ2v) is 9.10. The number of aliphatic hydroxyl groups excluding tert-OH is 1. The quantitative estimate of drug-likeness (QED) is 0.811. The van der Waals surface area contributed by atoms with E-state index in [1.54, 1.807) is 7.05 Å². The zero-order valence-corrected chi connectivity index (χ0v) is 16.5. The molecule has 25 heavy (non-hydrogen) atoms. The maximum Gasteiger partial charge on any atom is 0.243 e. The summed E-state index contributed by atoms with van der Waals surface area (Å²) in [6.45, 7) is -0.380. The number of benzene rings is 1. The van der Waals surface area contributed by atoms with Gasteiger partial charge in [0.1, 0.15) is 6.54 Å². The zero-order chi connectivity index (χ0) is 18.8. The van der Waals surface area contributed by atoms with E-state index in [0.29, 0.717) is 12.8 Å². The number of aliphatic hydroxyl groups is 1. The Balaban J connectivity index is 2.23. The fourth-order valence-electron chi connectivity index (χ4n) is 3.05. The van der Waals surface area contributed by atoms with E-state index < -0.39 is 22.0 Å². The summed E-state index contributed by atoms with van der Waals surface area (Å²) in [5.74, 6) is -0.396. The number of halogens is 2. The van der Waals surface area contributed by atoms with Crippen LogP contribution in [0.1, 0.15) is 25.7 Å². The van der Waals surface area contributed by atoms with Crippen LogP contribution in [0.5, 0.6) is 0 Å². The minimum Gasteiger partial charge on any atom is -0.391 e. The van der Waals surface area contributed by atoms with Crippen LogP contribution in [0.4, 0.5) is 5.69 Å². The minimum atomic E-state index is -3.72. The molecule has 0 aliphatic heterocycles. The third-order valence-corrected chi connectivity index (χ3v) is 5.98. The first-order valence-corrected chi connectivity index (χ1v) is 10.6. The number of amides is 1. The molecule has 2 rings (SSSR count). The number of likely N-dealkylation sites (N-methyl/N-ethyl adjacent to an activating group) is 1. The van der Waals surface area contributed by atoms with Crippen molar-refractivity contribution in [1.82, 2.24) is 4.90 Å². The molecule has 9 heteroatoms. The van der Waals surface area contributed by atoms with Gasteiger partial charge in [0, 0.05) is 17.1 Å². The van der Waals surface area contributed by atoms with Crippen LogP contribution in [0.15, 0.2) is 18.2 Å². The van der Waals surface area contributed by atoms with Crippen LogP contribution >= 0.6 is 23.2 Å². The van der Waals surface area contributed by atoms with Crippen molar-refractivity contribution in [3.8, 4) is 0 Å². The molecule has 1 N–H and O–H groups in total. The van der Waals surface area contributed by atoms with Crippen LogP contribution in [0.2, 0.25) is 10.0 Å². The van der Waals surface area contributed by atoms with Gasteiger partial charge in [0.25, 0.3) is 0 Å². The Morgan fingerprint density at radius 2 is 1.76 bits per heavy atom. The summed E-state index contributed by atoms with van der Waals surface area (Å²) < 4.78 is 25.3. The summed E-state index contributed by atoms with van der Waals surface area (Å²) in [5, 5.41) is 10.7. The Bertz CT molecular complexity index is 721. The average Bonchev–Trinajstić information content (AvgIpc) is 2.50. The van der Waals surface area contributed by atoms with Gasteiger partial charge in [0.2, 0.25) is 15.9 Å². The first-order valence-electron chi connectivity index (χ1n) is 7.97. The molecule has 0 heterocycles. The Kier molecular flexibility index (Phi) is 6.59. The standard InChI is InChI=1S/C16H22Cl2N2O4S/c1-19(14-5-3-4-6-15(14)21)16(22)10-20(25(2,23)24)13-8-11(17)7-12(18)9-13/h7-9,14-15,21H,3-6,10H2,1-2H3. The van der Waals surface area contributed by atoms with Gasteiger partial charge in [-0.25, -0.2) is 8.42 Å². The van der Waals surface area contributed by atoms with Gasteiger partial charge in [-0.1, -0.05) is 36.0 Å². The number of carbonyl (C=O) groups is 1. The molecule has 1 aliphatic carbocycles. The third-order valence-electron chi connectivity index (χ3n) is 4.40. The average molecular weight is 409 g/mol. The maximum atomic E-state index is 12.6. The molecular weight excluding hydrogens is 387 g/mol. The van der Waals surface area contributed by atoms with Crippen molar-refractivity contribution in [2.45, 2.75) is 37.8 Å². The predicted molar refractivity (Wildman–Crippen MR) is 99.7 cm³/mol. The number of rotatable bonds is 5. The molecule has 2 atom stereocenters. The molecule has 0 saturated heterocycles. The van der Waals surface area contributed by atoms with E-state index in [0.717, 1.165) is 23.4 Å². The number of carbonyl (C=O) groups excluding carboxylic acids is 1. The smallest absolute Gasteiger partial charge is 0.243 e. The van der Waals surface area contributed by atoms with Gasteiger partial charge in [-0.05, 0) is 31.0 Å². The van der Waals surface area contributed by atoms with E-state index in [1.165, 1.54) is 23.1 Å². The molecule has 1 aromatic carbocycles. The summed E-state index contributed by atoms with van der Waals surface area (Å²) in [5.41, 5.74) is 0.228. The summed E-state index contributed by atoms with van der Waals surface area (Å²) >= 11 is 11.9. The molecule has 0 spiro atoms. The van der Waals surface area contributed by atoms with Gasteiger partial charge in [-0.2, -0.15) is 0 Å². The van der Waals surface area contributed by atoms with Crippen LogP contribution in [0.3, 0.4) is 0 Å². The highest BCUT2D eigenvalue weighted by atomic mass is 35.5. The molecule has 6 nitrogen and oxygen atoms in total. The highest BCUT2D eigenvalue weighted by molar-refractivity contribution is 7.92. The van der Waals surface area contributed by atoms with E-state index in [9.17, 15) is 18.3 Å². The first kappa shape index (κ1) is 20.3. The summed E-state index contributed by atoms with van der Waals surface area (Å²) in [4.78, 5) is 14.1. The fraction of sp³-hybridized carbons (Fsp3) is 0.562. The Labute approximate surface area is 158 Å². The van der Waals surface area contributed by atoms with Gasteiger partial charge in [0.15, 0.2) is 0 Å². The van der Waals surface area contributed by atoms with Crippen molar-refractivity contribution in [3.05, 3.63) is 28.2 Å².